The summed E-state index contributed by atoms with van der Waals surface area (Å²) in [5.74, 6) is 0.116. The average Bonchev–Trinajstić information content (AvgIpc) is 2.83. The highest BCUT2D eigenvalue weighted by Gasteiger charge is 2.19. The lowest BCUT2D eigenvalue weighted by Crippen LogP contribution is -2.38. The second kappa shape index (κ2) is 15.2. The highest BCUT2D eigenvalue weighted by molar-refractivity contribution is 5.77. The van der Waals surface area contributed by atoms with Crippen molar-refractivity contribution >= 4 is 11.9 Å². The van der Waals surface area contributed by atoms with Gasteiger partial charge in [-0.05, 0) is 88.3 Å². The quantitative estimate of drug-likeness (QED) is 0.148. The first-order valence-electron chi connectivity index (χ1n) is 14.4. The minimum atomic E-state index is -0.835. The molecule has 1 unspecified atom stereocenters. The molecule has 0 saturated carbocycles. The van der Waals surface area contributed by atoms with Crippen molar-refractivity contribution in [3.8, 4) is 17.2 Å². The Kier molecular flexibility index (Phi) is 12.7. The SMILES string of the molecule is CC(C)Oc1ccc(CC(=O)Oc2cc(C(O)CNC(C)(C)C)ccc2OC(=O)CCCCCC(C)(C)C)cc1. The molecule has 0 fully saturated rings. The van der Waals surface area contributed by atoms with Crippen molar-refractivity contribution in [3.05, 3.63) is 53.6 Å². The molecule has 0 amide bonds. The van der Waals surface area contributed by atoms with Crippen molar-refractivity contribution in [2.24, 2.45) is 5.41 Å². The van der Waals surface area contributed by atoms with Crippen LogP contribution >= 0.6 is 0 Å². The Bertz CT molecular complexity index is 1080. The van der Waals surface area contributed by atoms with E-state index in [2.05, 4.69) is 26.1 Å². The van der Waals surface area contributed by atoms with Crippen LogP contribution in [0, 0.1) is 5.41 Å². The molecule has 222 valence electrons. The van der Waals surface area contributed by atoms with Crippen LogP contribution in [-0.2, 0) is 16.0 Å². The highest BCUT2D eigenvalue weighted by atomic mass is 16.6. The van der Waals surface area contributed by atoms with E-state index in [0.29, 0.717) is 12.1 Å². The molecular weight excluding hydrogens is 506 g/mol. The lowest BCUT2D eigenvalue weighted by Gasteiger charge is -2.23. The van der Waals surface area contributed by atoms with Crippen LogP contribution in [0.25, 0.3) is 0 Å². The number of esters is 2. The van der Waals surface area contributed by atoms with Crippen LogP contribution < -0.4 is 19.5 Å². The van der Waals surface area contributed by atoms with Gasteiger partial charge in [0, 0.05) is 18.5 Å². The number of carbonyl (C=O) groups excluding carboxylic acids is 2. The topological polar surface area (TPSA) is 94.1 Å². The minimum absolute atomic E-state index is 0.0292. The third-order valence-corrected chi connectivity index (χ3v) is 6.08. The third kappa shape index (κ3) is 13.4. The Balaban J connectivity index is 2.11. The zero-order valence-electron chi connectivity index (χ0n) is 25.6. The maximum absolute atomic E-state index is 12.9. The fourth-order valence-corrected chi connectivity index (χ4v) is 3.98. The second-order valence-corrected chi connectivity index (χ2v) is 12.9. The van der Waals surface area contributed by atoms with E-state index in [1.165, 1.54) is 0 Å². The van der Waals surface area contributed by atoms with E-state index in [4.69, 9.17) is 14.2 Å². The fourth-order valence-electron chi connectivity index (χ4n) is 3.98. The normalized spacial score (nSPS) is 12.8. The summed E-state index contributed by atoms with van der Waals surface area (Å²) < 4.78 is 17.0. The summed E-state index contributed by atoms with van der Waals surface area (Å²) in [6.45, 7) is 16.9. The van der Waals surface area contributed by atoms with Crippen molar-refractivity contribution < 1.29 is 28.9 Å². The number of hydrogen-bond donors (Lipinski definition) is 2. The van der Waals surface area contributed by atoms with E-state index in [9.17, 15) is 14.7 Å². The van der Waals surface area contributed by atoms with Gasteiger partial charge in [-0.3, -0.25) is 9.59 Å². The van der Waals surface area contributed by atoms with Gasteiger partial charge in [0.25, 0.3) is 0 Å². The van der Waals surface area contributed by atoms with E-state index in [-0.39, 0.29) is 47.4 Å². The standard InChI is InChI=1S/C33H49NO6/c1-23(2)38-26-16-13-24(14-17-26)20-31(37)40-29-21-25(27(35)22-34-33(6,7)8)15-18-28(29)39-30(36)12-10-9-11-19-32(3,4)5/h13-18,21,23,27,34-35H,9-12,19-20,22H2,1-8H3. The molecule has 2 aromatic rings. The fraction of sp³-hybridized carbons (Fsp3) is 0.576. The Morgan fingerprint density at radius 3 is 2.10 bits per heavy atom. The molecule has 2 rings (SSSR count). The van der Waals surface area contributed by atoms with Crippen molar-refractivity contribution in [3.63, 3.8) is 0 Å². The molecule has 0 bridgehead atoms. The lowest BCUT2D eigenvalue weighted by atomic mass is 9.89. The lowest BCUT2D eigenvalue weighted by molar-refractivity contribution is -0.136. The number of benzene rings is 2. The maximum Gasteiger partial charge on any atom is 0.315 e. The minimum Gasteiger partial charge on any atom is -0.491 e. The van der Waals surface area contributed by atoms with Gasteiger partial charge in [-0.1, -0.05) is 51.8 Å². The van der Waals surface area contributed by atoms with Crippen molar-refractivity contribution in [2.75, 3.05) is 6.54 Å². The first-order valence-corrected chi connectivity index (χ1v) is 14.4. The average molecular weight is 556 g/mol. The van der Waals surface area contributed by atoms with Crippen LogP contribution in [0.5, 0.6) is 17.2 Å². The third-order valence-electron chi connectivity index (χ3n) is 6.08. The van der Waals surface area contributed by atoms with E-state index < -0.39 is 12.1 Å². The number of aliphatic hydroxyl groups excluding tert-OH is 1. The predicted octanol–water partition coefficient (Wildman–Crippen LogP) is 6.95. The van der Waals surface area contributed by atoms with Crippen LogP contribution in [-0.4, -0.2) is 35.2 Å². The smallest absolute Gasteiger partial charge is 0.315 e. The molecule has 0 aliphatic rings. The summed E-state index contributed by atoms with van der Waals surface area (Å²) >= 11 is 0. The summed E-state index contributed by atoms with van der Waals surface area (Å²) in [6.07, 6.45) is 3.36. The van der Waals surface area contributed by atoms with Crippen LogP contribution in [0.4, 0.5) is 0 Å². The zero-order valence-corrected chi connectivity index (χ0v) is 25.6. The number of nitrogens with one attached hydrogen (secondary N) is 1. The van der Waals surface area contributed by atoms with Gasteiger partial charge in [0.2, 0.25) is 0 Å². The summed E-state index contributed by atoms with van der Waals surface area (Å²) in [4.78, 5) is 25.5. The first-order chi connectivity index (χ1) is 18.6. The van der Waals surface area contributed by atoms with Crippen LogP contribution in [0.1, 0.15) is 105 Å². The predicted molar refractivity (Wildman–Crippen MR) is 159 cm³/mol. The van der Waals surface area contributed by atoms with E-state index >= 15 is 0 Å². The van der Waals surface area contributed by atoms with Gasteiger partial charge in [-0.25, -0.2) is 0 Å². The number of β-amino-alcohol motifs (C(OH)–C–C–N with tert-alkyl or cyclic N) is 1. The molecule has 0 radical (unpaired) electrons. The maximum atomic E-state index is 12.9. The van der Waals surface area contributed by atoms with Crippen LogP contribution in [0.3, 0.4) is 0 Å². The molecule has 0 aliphatic heterocycles. The molecule has 2 aromatic carbocycles. The molecule has 0 aromatic heterocycles. The second-order valence-electron chi connectivity index (χ2n) is 12.9. The molecule has 0 spiro atoms. The molecule has 1 atom stereocenters. The molecule has 7 nitrogen and oxygen atoms in total. The first kappa shape index (κ1) is 33.3. The Morgan fingerprint density at radius 1 is 0.850 bits per heavy atom. The van der Waals surface area contributed by atoms with Gasteiger partial charge in [0.1, 0.15) is 5.75 Å². The van der Waals surface area contributed by atoms with Crippen molar-refractivity contribution in [1.29, 1.82) is 0 Å². The van der Waals surface area contributed by atoms with Gasteiger partial charge in [-0.2, -0.15) is 0 Å². The van der Waals surface area contributed by atoms with E-state index in [0.717, 1.165) is 37.0 Å². The van der Waals surface area contributed by atoms with Crippen LogP contribution in [0.15, 0.2) is 42.5 Å². The number of unbranched alkanes of at least 4 members (excludes halogenated alkanes) is 2. The number of ether oxygens (including phenoxy) is 3. The molecule has 7 heteroatoms. The summed E-state index contributed by atoms with van der Waals surface area (Å²) in [7, 11) is 0. The summed E-state index contributed by atoms with van der Waals surface area (Å²) in [5.41, 5.74) is 1.42. The molecule has 0 saturated heterocycles. The Labute approximate surface area is 240 Å². The zero-order chi connectivity index (χ0) is 29.9. The van der Waals surface area contributed by atoms with Crippen molar-refractivity contribution in [2.45, 2.75) is 112 Å². The summed E-state index contributed by atoms with van der Waals surface area (Å²) in [5, 5.41) is 14.0. The largest absolute Gasteiger partial charge is 0.491 e. The van der Waals surface area contributed by atoms with Gasteiger partial charge in [0.15, 0.2) is 11.5 Å². The van der Waals surface area contributed by atoms with Crippen LogP contribution in [0.2, 0.25) is 0 Å². The van der Waals surface area contributed by atoms with Gasteiger partial charge in [-0.15, -0.1) is 0 Å². The Hall–Kier alpha value is -2.90. The number of carbonyl (C=O) groups is 2. The Morgan fingerprint density at radius 2 is 1.50 bits per heavy atom. The van der Waals surface area contributed by atoms with Gasteiger partial charge < -0.3 is 24.6 Å². The molecule has 40 heavy (non-hydrogen) atoms. The molecule has 0 aliphatic carbocycles. The molecule has 2 N–H and O–H groups in total. The molecular formula is C33H49NO6. The summed E-state index contributed by atoms with van der Waals surface area (Å²) in [6, 6.07) is 12.1. The van der Waals surface area contributed by atoms with Gasteiger partial charge in [0.05, 0.1) is 18.6 Å². The number of aliphatic hydroxyl groups is 1. The van der Waals surface area contributed by atoms with Gasteiger partial charge >= 0.3 is 11.9 Å². The number of hydrogen-bond acceptors (Lipinski definition) is 7. The van der Waals surface area contributed by atoms with E-state index in [1.54, 1.807) is 18.2 Å². The van der Waals surface area contributed by atoms with E-state index in [1.807, 2.05) is 58.9 Å². The van der Waals surface area contributed by atoms with Crippen molar-refractivity contribution in [1.82, 2.24) is 5.32 Å². The molecule has 0 heterocycles. The monoisotopic (exact) mass is 555 g/mol. The number of rotatable bonds is 14. The highest BCUT2D eigenvalue weighted by Crippen LogP contribution is 2.32.